The Kier molecular flexibility index (Phi) is 4.06. The number of urea groups is 1. The lowest BCUT2D eigenvalue weighted by atomic mass is 10.2. The van der Waals surface area contributed by atoms with Crippen LogP contribution in [-0.4, -0.2) is 52.8 Å². The van der Waals surface area contributed by atoms with Crippen LogP contribution in [-0.2, 0) is 4.79 Å². The Morgan fingerprint density at radius 1 is 1.25 bits per heavy atom. The van der Waals surface area contributed by atoms with Crippen LogP contribution in [0.15, 0.2) is 47.6 Å². The van der Waals surface area contributed by atoms with Crippen molar-refractivity contribution in [3.63, 3.8) is 0 Å². The van der Waals surface area contributed by atoms with Crippen LogP contribution in [0.3, 0.4) is 0 Å². The Balaban J connectivity index is 1.85. The quantitative estimate of drug-likeness (QED) is 0.603. The van der Waals surface area contributed by atoms with Crippen molar-refractivity contribution < 1.29 is 18.9 Å². The lowest BCUT2D eigenvalue weighted by molar-refractivity contribution is -0.676. The van der Waals surface area contributed by atoms with Crippen molar-refractivity contribution in [1.29, 1.82) is 0 Å². The van der Waals surface area contributed by atoms with Gasteiger partial charge in [-0.15, -0.1) is 0 Å². The average molecular weight is 380 g/mol. The Bertz CT molecular complexity index is 1050. The van der Waals surface area contributed by atoms with Crippen LogP contribution in [0.4, 0.5) is 10.7 Å². The minimum atomic E-state index is -0.647. The molecule has 1 fully saturated rings. The number of nitrogens with zero attached hydrogens (tertiary/aromatic N) is 5. The molecule has 28 heavy (non-hydrogen) atoms. The van der Waals surface area contributed by atoms with Crippen LogP contribution < -0.4 is 9.30 Å². The van der Waals surface area contributed by atoms with Gasteiger partial charge in [0.2, 0.25) is 11.9 Å². The zero-order valence-corrected chi connectivity index (χ0v) is 16.3. The van der Waals surface area contributed by atoms with Gasteiger partial charge in [-0.25, -0.2) is 9.36 Å². The number of amides is 3. The van der Waals surface area contributed by atoms with Gasteiger partial charge in [-0.3, -0.25) is 14.6 Å². The normalized spacial score (nSPS) is 18.1. The highest BCUT2D eigenvalue weighted by molar-refractivity contribution is 6.18. The predicted octanol–water partition coefficient (Wildman–Crippen LogP) is 2.14. The molecule has 8 nitrogen and oxygen atoms in total. The Morgan fingerprint density at radius 3 is 2.68 bits per heavy atom. The maximum Gasteiger partial charge on any atom is 0.407 e. The van der Waals surface area contributed by atoms with Gasteiger partial charge in [0.15, 0.2) is 5.75 Å². The minimum Gasteiger partial charge on any atom is -0.486 e. The summed E-state index contributed by atoms with van der Waals surface area (Å²) in [5.74, 6) is 1.40. The molecule has 0 spiro atoms. The van der Waals surface area contributed by atoms with Crippen molar-refractivity contribution >= 4 is 23.7 Å². The fourth-order valence-corrected chi connectivity index (χ4v) is 3.53. The van der Waals surface area contributed by atoms with Crippen LogP contribution in [0.1, 0.15) is 18.7 Å². The van der Waals surface area contributed by atoms with E-state index >= 15 is 0 Å². The first-order valence-corrected chi connectivity index (χ1v) is 8.95. The van der Waals surface area contributed by atoms with E-state index in [1.165, 1.54) is 11.9 Å². The van der Waals surface area contributed by atoms with Gasteiger partial charge in [0.25, 0.3) is 5.91 Å². The number of ether oxygens (including phenoxy) is 1. The summed E-state index contributed by atoms with van der Waals surface area (Å²) in [6, 6.07) is 6.61. The third-order valence-electron chi connectivity index (χ3n) is 4.91. The first-order valence-electron chi connectivity index (χ1n) is 8.95. The van der Waals surface area contributed by atoms with E-state index in [4.69, 9.17) is 4.74 Å². The van der Waals surface area contributed by atoms with E-state index in [1.54, 1.807) is 7.05 Å². The van der Waals surface area contributed by atoms with E-state index in [0.717, 1.165) is 21.9 Å². The molecular formula is C20H22N5O3+. The first kappa shape index (κ1) is 18.0. The van der Waals surface area contributed by atoms with Gasteiger partial charge in [-0.2, -0.15) is 4.57 Å². The molecule has 0 radical (unpaired) electrons. The summed E-state index contributed by atoms with van der Waals surface area (Å²) in [6.07, 6.45) is 1.88. The van der Waals surface area contributed by atoms with Gasteiger partial charge in [-0.1, -0.05) is 23.7 Å². The van der Waals surface area contributed by atoms with E-state index in [0.29, 0.717) is 24.1 Å². The molecule has 8 heteroatoms. The Labute approximate surface area is 163 Å². The molecule has 0 bridgehead atoms. The van der Waals surface area contributed by atoms with E-state index < -0.39 is 6.04 Å². The standard InChI is InChI=1S/C20H22N5O3/c1-12(2)11-28-15-9-7-6-8-14(15)25-13(3)10-24-16-17(21-19(24)25)22(4)20(27)23(5)18(16)26/h6-10,16H,1,11H2,2-5H3/q+1. The number of para-hydroxylation sites is 2. The molecule has 3 heterocycles. The van der Waals surface area contributed by atoms with Gasteiger partial charge in [0.05, 0.1) is 0 Å². The summed E-state index contributed by atoms with van der Waals surface area (Å²) in [7, 11) is 3.12. The molecule has 1 aromatic carbocycles. The molecule has 1 saturated heterocycles. The zero-order valence-electron chi connectivity index (χ0n) is 16.3. The summed E-state index contributed by atoms with van der Waals surface area (Å²) < 4.78 is 9.66. The number of rotatable bonds is 4. The SMILES string of the molecule is C=C(C)COc1ccccc1-n1c(C)c[n+]2c1N=C1C2C(=O)N(C)C(=O)N1C. The number of fused-ring (bicyclic) bond motifs is 3. The molecular weight excluding hydrogens is 358 g/mol. The van der Waals surface area contributed by atoms with Crippen LogP contribution in [0, 0.1) is 6.92 Å². The van der Waals surface area contributed by atoms with Crippen LogP contribution >= 0.6 is 0 Å². The molecule has 1 unspecified atom stereocenters. The van der Waals surface area contributed by atoms with E-state index in [-0.39, 0.29) is 11.9 Å². The van der Waals surface area contributed by atoms with Gasteiger partial charge < -0.3 is 4.74 Å². The number of aliphatic imine (C=N–C) groups is 1. The topological polar surface area (TPSA) is 71.0 Å². The third kappa shape index (κ3) is 2.52. The number of aromatic nitrogens is 2. The molecule has 0 aliphatic carbocycles. The second kappa shape index (κ2) is 6.33. The largest absolute Gasteiger partial charge is 0.486 e. The number of imidazole rings is 1. The second-order valence-corrected chi connectivity index (χ2v) is 7.14. The molecule has 2 aliphatic rings. The molecule has 4 rings (SSSR count). The molecule has 0 N–H and O–H groups in total. The minimum absolute atomic E-state index is 0.297. The number of imide groups is 1. The van der Waals surface area contributed by atoms with E-state index in [2.05, 4.69) is 11.6 Å². The lowest BCUT2D eigenvalue weighted by Gasteiger charge is -2.30. The molecule has 2 aliphatic heterocycles. The summed E-state index contributed by atoms with van der Waals surface area (Å²) in [5.41, 5.74) is 2.63. The third-order valence-corrected chi connectivity index (χ3v) is 4.91. The second-order valence-electron chi connectivity index (χ2n) is 7.14. The maximum absolute atomic E-state index is 12.8. The van der Waals surface area contributed by atoms with Gasteiger partial charge in [-0.05, 0) is 31.6 Å². The highest BCUT2D eigenvalue weighted by Gasteiger charge is 2.52. The number of aryl methyl sites for hydroxylation is 1. The van der Waals surface area contributed by atoms with Crippen molar-refractivity contribution in [2.75, 3.05) is 20.7 Å². The number of hydrogen-bond donors (Lipinski definition) is 0. The monoisotopic (exact) mass is 380 g/mol. The maximum atomic E-state index is 12.8. The predicted molar refractivity (Wildman–Crippen MR) is 103 cm³/mol. The molecule has 3 amide bonds. The van der Waals surface area contributed by atoms with Crippen molar-refractivity contribution in [2.24, 2.45) is 4.99 Å². The van der Waals surface area contributed by atoms with Crippen LogP contribution in [0.5, 0.6) is 5.75 Å². The van der Waals surface area contributed by atoms with Crippen molar-refractivity contribution in [2.45, 2.75) is 19.9 Å². The summed E-state index contributed by atoms with van der Waals surface area (Å²) in [5, 5.41) is 0. The highest BCUT2D eigenvalue weighted by Crippen LogP contribution is 2.33. The van der Waals surface area contributed by atoms with Gasteiger partial charge in [0, 0.05) is 14.1 Å². The van der Waals surface area contributed by atoms with Gasteiger partial charge >= 0.3 is 12.0 Å². The fraction of sp³-hybridized carbons (Fsp3) is 0.300. The number of benzene rings is 1. The van der Waals surface area contributed by atoms with Crippen molar-refractivity contribution in [3.8, 4) is 11.4 Å². The van der Waals surface area contributed by atoms with Crippen LogP contribution in [0.2, 0.25) is 0 Å². The summed E-state index contributed by atoms with van der Waals surface area (Å²) >= 11 is 0. The lowest BCUT2D eigenvalue weighted by Crippen LogP contribution is -2.61. The van der Waals surface area contributed by atoms with E-state index in [9.17, 15) is 9.59 Å². The zero-order chi connectivity index (χ0) is 20.2. The summed E-state index contributed by atoms with van der Waals surface area (Å²) in [6.45, 7) is 8.14. The van der Waals surface area contributed by atoms with E-state index in [1.807, 2.05) is 53.4 Å². The molecule has 1 atom stereocenters. The average Bonchev–Trinajstić information content (AvgIpc) is 3.17. The first-order chi connectivity index (χ1) is 13.3. The Hall–Kier alpha value is -3.42. The van der Waals surface area contributed by atoms with Crippen molar-refractivity contribution in [1.82, 2.24) is 14.4 Å². The number of amidine groups is 1. The molecule has 144 valence electrons. The Morgan fingerprint density at radius 2 is 1.96 bits per heavy atom. The van der Waals surface area contributed by atoms with Gasteiger partial charge in [0.1, 0.15) is 24.2 Å². The molecule has 0 saturated carbocycles. The smallest absolute Gasteiger partial charge is 0.407 e. The summed E-state index contributed by atoms with van der Waals surface area (Å²) in [4.78, 5) is 32.2. The number of carbonyl (C=O) groups excluding carboxylic acids is 2. The van der Waals surface area contributed by atoms with Crippen LogP contribution in [0.25, 0.3) is 5.69 Å². The molecule has 2 aromatic rings. The molecule has 1 aromatic heterocycles. The van der Waals surface area contributed by atoms with Crippen molar-refractivity contribution in [3.05, 3.63) is 48.3 Å². The number of likely N-dealkylation sites (N-methyl/N-ethyl adjacent to an activating group) is 2. The number of hydrogen-bond acceptors (Lipinski definition) is 4. The number of carbonyl (C=O) groups is 2. The highest BCUT2D eigenvalue weighted by atomic mass is 16.5. The fourth-order valence-electron chi connectivity index (χ4n) is 3.53.